The van der Waals surface area contributed by atoms with Crippen LogP contribution < -0.4 is 10.6 Å². The Morgan fingerprint density at radius 1 is 1.31 bits per heavy atom. The van der Waals surface area contributed by atoms with Crippen molar-refractivity contribution in [1.82, 2.24) is 15.3 Å². The standard InChI is InChI=1S/C17H20N4O4S/c1-23-9-14(22)19-11-7-24-16-12(8-25-15(11)16)21-17-18-5-4-10(20-17)13-3-2-6-26-13/h2-6,11-12,15-16H,7-9H2,1H3,(H,19,22)(H,18,20,21). The van der Waals surface area contributed by atoms with Crippen molar-refractivity contribution >= 4 is 23.2 Å². The van der Waals surface area contributed by atoms with Crippen LogP contribution in [0.15, 0.2) is 29.8 Å². The average molecular weight is 376 g/mol. The molecule has 2 aliphatic heterocycles. The molecule has 0 radical (unpaired) electrons. The molecule has 4 atom stereocenters. The number of hydrogen-bond acceptors (Lipinski definition) is 8. The predicted octanol–water partition coefficient (Wildman–Crippen LogP) is 0.914. The number of aromatic nitrogens is 2. The predicted molar refractivity (Wildman–Crippen MR) is 96.0 cm³/mol. The molecule has 4 heterocycles. The first-order valence-corrected chi connectivity index (χ1v) is 9.27. The van der Waals surface area contributed by atoms with E-state index in [4.69, 9.17) is 14.2 Å². The highest BCUT2D eigenvalue weighted by molar-refractivity contribution is 7.13. The fourth-order valence-electron chi connectivity index (χ4n) is 3.28. The van der Waals surface area contributed by atoms with Crippen molar-refractivity contribution < 1.29 is 19.0 Å². The Morgan fingerprint density at radius 2 is 2.12 bits per heavy atom. The van der Waals surface area contributed by atoms with E-state index in [9.17, 15) is 4.79 Å². The number of methoxy groups -OCH3 is 1. The van der Waals surface area contributed by atoms with Gasteiger partial charge in [-0.25, -0.2) is 9.97 Å². The maximum Gasteiger partial charge on any atom is 0.246 e. The van der Waals surface area contributed by atoms with Crippen LogP contribution in [0.3, 0.4) is 0 Å². The molecular weight excluding hydrogens is 356 g/mol. The first kappa shape index (κ1) is 17.3. The molecule has 2 N–H and O–H groups in total. The third-order valence-corrected chi connectivity index (χ3v) is 5.31. The van der Waals surface area contributed by atoms with Crippen molar-refractivity contribution in [3.63, 3.8) is 0 Å². The second-order valence-electron chi connectivity index (χ2n) is 6.20. The fraction of sp³-hybridized carbons (Fsp3) is 0.471. The number of fused-ring (bicyclic) bond motifs is 1. The monoisotopic (exact) mass is 376 g/mol. The summed E-state index contributed by atoms with van der Waals surface area (Å²) in [5, 5.41) is 8.22. The molecule has 0 spiro atoms. The van der Waals surface area contributed by atoms with Crippen LogP contribution >= 0.6 is 11.3 Å². The quantitative estimate of drug-likeness (QED) is 0.774. The van der Waals surface area contributed by atoms with Gasteiger partial charge in [-0.3, -0.25) is 4.79 Å². The summed E-state index contributed by atoms with van der Waals surface area (Å²) < 4.78 is 16.6. The molecule has 2 fully saturated rings. The van der Waals surface area contributed by atoms with E-state index in [2.05, 4.69) is 20.6 Å². The Morgan fingerprint density at radius 3 is 2.88 bits per heavy atom. The van der Waals surface area contributed by atoms with E-state index < -0.39 is 0 Å². The molecule has 0 aliphatic carbocycles. The van der Waals surface area contributed by atoms with Gasteiger partial charge >= 0.3 is 0 Å². The van der Waals surface area contributed by atoms with Crippen molar-refractivity contribution in [2.24, 2.45) is 0 Å². The van der Waals surface area contributed by atoms with E-state index >= 15 is 0 Å². The molecule has 1 amide bonds. The number of thiophene rings is 1. The van der Waals surface area contributed by atoms with E-state index in [0.29, 0.717) is 19.2 Å². The molecule has 2 saturated heterocycles. The zero-order valence-electron chi connectivity index (χ0n) is 14.3. The van der Waals surface area contributed by atoms with Crippen LogP contribution in [0.2, 0.25) is 0 Å². The number of nitrogens with zero attached hydrogens (tertiary/aromatic N) is 2. The number of amides is 1. The summed E-state index contributed by atoms with van der Waals surface area (Å²) in [6.07, 6.45) is 1.40. The molecule has 2 aromatic rings. The van der Waals surface area contributed by atoms with Gasteiger partial charge in [0.25, 0.3) is 0 Å². The highest BCUT2D eigenvalue weighted by atomic mass is 32.1. The summed E-state index contributed by atoms with van der Waals surface area (Å²) in [6, 6.07) is 5.67. The molecule has 2 aromatic heterocycles. The second kappa shape index (κ2) is 7.67. The number of hydrogen-bond donors (Lipinski definition) is 2. The van der Waals surface area contributed by atoms with E-state index in [-0.39, 0.29) is 36.8 Å². The van der Waals surface area contributed by atoms with Crippen LogP contribution in [0.25, 0.3) is 10.6 Å². The minimum absolute atomic E-state index is 0.0267. The lowest BCUT2D eigenvalue weighted by molar-refractivity contribution is -0.126. The fourth-order valence-corrected chi connectivity index (χ4v) is 3.98. The highest BCUT2D eigenvalue weighted by Gasteiger charge is 2.48. The first-order valence-electron chi connectivity index (χ1n) is 8.39. The first-order chi connectivity index (χ1) is 12.7. The van der Waals surface area contributed by atoms with E-state index in [1.165, 1.54) is 7.11 Å². The Kier molecular flexibility index (Phi) is 5.11. The summed E-state index contributed by atoms with van der Waals surface area (Å²) in [6.45, 7) is 0.913. The SMILES string of the molecule is COCC(=O)NC1COC2C(Nc3nccc(-c4cccs4)n3)COC12. The smallest absolute Gasteiger partial charge is 0.246 e. The lowest BCUT2D eigenvalue weighted by Crippen LogP contribution is -2.45. The zero-order valence-corrected chi connectivity index (χ0v) is 15.1. The summed E-state index contributed by atoms with van der Waals surface area (Å²) in [5.41, 5.74) is 0.880. The molecule has 0 bridgehead atoms. The molecule has 26 heavy (non-hydrogen) atoms. The number of anilines is 1. The molecular formula is C17H20N4O4S. The lowest BCUT2D eigenvalue weighted by atomic mass is 10.1. The van der Waals surface area contributed by atoms with Crippen LogP contribution in [0.5, 0.6) is 0 Å². The van der Waals surface area contributed by atoms with Crippen LogP contribution in [-0.4, -0.2) is 67.1 Å². The minimum atomic E-state index is -0.186. The molecule has 8 nitrogen and oxygen atoms in total. The molecule has 138 valence electrons. The summed E-state index contributed by atoms with van der Waals surface area (Å²) in [4.78, 5) is 21.7. The van der Waals surface area contributed by atoms with Crippen molar-refractivity contribution in [2.75, 3.05) is 32.2 Å². The van der Waals surface area contributed by atoms with Gasteiger partial charge in [-0.2, -0.15) is 0 Å². The van der Waals surface area contributed by atoms with Gasteiger partial charge in [0.2, 0.25) is 11.9 Å². The van der Waals surface area contributed by atoms with E-state index in [1.54, 1.807) is 17.5 Å². The maximum atomic E-state index is 11.7. The lowest BCUT2D eigenvalue weighted by Gasteiger charge is -2.18. The summed E-state index contributed by atoms with van der Waals surface area (Å²) in [7, 11) is 1.49. The van der Waals surface area contributed by atoms with Crippen molar-refractivity contribution in [3.05, 3.63) is 29.8 Å². The van der Waals surface area contributed by atoms with Gasteiger partial charge in [-0.1, -0.05) is 6.07 Å². The largest absolute Gasteiger partial charge is 0.375 e. The summed E-state index contributed by atoms with van der Waals surface area (Å²) in [5.74, 6) is 0.370. The Bertz CT molecular complexity index is 757. The van der Waals surface area contributed by atoms with Crippen molar-refractivity contribution in [3.8, 4) is 10.6 Å². The number of nitrogens with one attached hydrogen (secondary N) is 2. The average Bonchev–Trinajstić information content (AvgIpc) is 3.36. The molecule has 0 aromatic carbocycles. The Balaban J connectivity index is 1.40. The summed E-state index contributed by atoms with van der Waals surface area (Å²) >= 11 is 1.63. The second-order valence-corrected chi connectivity index (χ2v) is 7.14. The van der Waals surface area contributed by atoms with Crippen LogP contribution in [-0.2, 0) is 19.0 Å². The molecule has 2 aliphatic rings. The third kappa shape index (κ3) is 3.56. The van der Waals surface area contributed by atoms with E-state index in [0.717, 1.165) is 10.6 Å². The van der Waals surface area contributed by atoms with Gasteiger partial charge in [0.15, 0.2) is 0 Å². The third-order valence-electron chi connectivity index (χ3n) is 4.42. The molecule has 4 rings (SSSR count). The van der Waals surface area contributed by atoms with Gasteiger partial charge in [0, 0.05) is 13.3 Å². The van der Waals surface area contributed by atoms with E-state index in [1.807, 2.05) is 23.6 Å². The maximum absolute atomic E-state index is 11.7. The van der Waals surface area contributed by atoms with Crippen LogP contribution in [0, 0.1) is 0 Å². The highest BCUT2D eigenvalue weighted by Crippen LogP contribution is 2.29. The molecule has 0 saturated carbocycles. The number of rotatable bonds is 6. The molecule has 9 heteroatoms. The van der Waals surface area contributed by atoms with Gasteiger partial charge in [-0.05, 0) is 17.5 Å². The van der Waals surface area contributed by atoms with Gasteiger partial charge in [-0.15, -0.1) is 11.3 Å². The van der Waals surface area contributed by atoms with Crippen LogP contribution in [0.4, 0.5) is 5.95 Å². The zero-order chi connectivity index (χ0) is 17.9. The number of ether oxygens (including phenoxy) is 3. The number of carbonyl (C=O) groups excluding carboxylic acids is 1. The van der Waals surface area contributed by atoms with Crippen LogP contribution in [0.1, 0.15) is 0 Å². The van der Waals surface area contributed by atoms with Gasteiger partial charge in [0.05, 0.1) is 35.9 Å². The molecule has 4 unspecified atom stereocenters. The number of carbonyl (C=O) groups is 1. The Hall–Kier alpha value is -2.07. The normalized spacial score (nSPS) is 27.3. The topological polar surface area (TPSA) is 94.6 Å². The van der Waals surface area contributed by atoms with Crippen molar-refractivity contribution in [1.29, 1.82) is 0 Å². The van der Waals surface area contributed by atoms with Crippen molar-refractivity contribution in [2.45, 2.75) is 24.3 Å². The Labute approximate surface area is 154 Å². The minimum Gasteiger partial charge on any atom is -0.375 e. The van der Waals surface area contributed by atoms with Gasteiger partial charge in [0.1, 0.15) is 18.8 Å². The van der Waals surface area contributed by atoms with Gasteiger partial charge < -0.3 is 24.8 Å².